The molecule has 128 valence electrons. The Labute approximate surface area is 133 Å². The summed E-state index contributed by atoms with van der Waals surface area (Å²) >= 11 is 0. The van der Waals surface area contributed by atoms with E-state index in [0.29, 0.717) is 0 Å². The molecular formula is C16H30N2O4. The Morgan fingerprint density at radius 1 is 0.955 bits per heavy atom. The molecule has 2 fully saturated rings. The third kappa shape index (κ3) is 5.93. The Hall–Kier alpha value is -1.14. The van der Waals surface area contributed by atoms with E-state index in [9.17, 15) is 0 Å². The van der Waals surface area contributed by atoms with Crippen molar-refractivity contribution in [3.63, 3.8) is 0 Å². The smallest absolute Gasteiger partial charge is 0.414 e. The summed E-state index contributed by atoms with van der Waals surface area (Å²) in [6.07, 6.45) is 8.50. The lowest BCUT2D eigenvalue weighted by atomic mass is 10.1. The molecule has 0 atom stereocenters. The van der Waals surface area contributed by atoms with Crippen LogP contribution in [0.15, 0.2) is 0 Å². The highest BCUT2D eigenvalue weighted by Gasteiger charge is 2.27. The van der Waals surface area contributed by atoms with Crippen molar-refractivity contribution in [3.8, 4) is 0 Å². The molecule has 0 bridgehead atoms. The van der Waals surface area contributed by atoms with E-state index < -0.39 is 11.9 Å². The molecule has 0 unspecified atom stereocenters. The molecule has 1 saturated heterocycles. The molecule has 0 aromatic rings. The predicted octanol–water partition coefficient (Wildman–Crippen LogP) is 1.89. The molecule has 6 heteroatoms. The fraction of sp³-hybridized carbons (Fsp3) is 0.875. The van der Waals surface area contributed by atoms with Crippen LogP contribution >= 0.6 is 0 Å². The van der Waals surface area contributed by atoms with Crippen molar-refractivity contribution < 1.29 is 19.8 Å². The highest BCUT2D eigenvalue weighted by atomic mass is 16.4. The second-order valence-corrected chi connectivity index (χ2v) is 6.09. The zero-order valence-corrected chi connectivity index (χ0v) is 13.8. The molecule has 0 aromatic carbocycles. The average molecular weight is 314 g/mol. The number of carbonyl (C=O) groups is 2. The van der Waals surface area contributed by atoms with Crippen LogP contribution in [-0.4, -0.2) is 70.2 Å². The molecule has 2 aliphatic rings. The first-order chi connectivity index (χ1) is 10.5. The van der Waals surface area contributed by atoms with Gasteiger partial charge in [-0.15, -0.1) is 0 Å². The van der Waals surface area contributed by atoms with Crippen molar-refractivity contribution >= 4 is 11.9 Å². The highest BCUT2D eigenvalue weighted by Crippen LogP contribution is 2.25. The monoisotopic (exact) mass is 314 g/mol. The number of aliphatic carboxylic acids is 2. The maximum atomic E-state index is 9.10. The van der Waals surface area contributed by atoms with E-state index in [-0.39, 0.29) is 0 Å². The summed E-state index contributed by atoms with van der Waals surface area (Å²) in [6.45, 7) is 9.92. The van der Waals surface area contributed by atoms with E-state index in [2.05, 4.69) is 23.6 Å². The first kappa shape index (κ1) is 18.9. The fourth-order valence-electron chi connectivity index (χ4n) is 3.54. The van der Waals surface area contributed by atoms with Crippen molar-refractivity contribution in [1.82, 2.24) is 9.80 Å². The molecule has 0 amide bonds. The summed E-state index contributed by atoms with van der Waals surface area (Å²) in [5, 5.41) is 14.8. The number of hydrogen-bond acceptors (Lipinski definition) is 4. The molecule has 0 aromatic heterocycles. The molecule has 2 N–H and O–H groups in total. The van der Waals surface area contributed by atoms with Gasteiger partial charge in [0.25, 0.3) is 0 Å². The van der Waals surface area contributed by atoms with Gasteiger partial charge in [0.1, 0.15) is 0 Å². The number of rotatable bonds is 4. The summed E-state index contributed by atoms with van der Waals surface area (Å²) in [6, 6.07) is 1.77. The quantitative estimate of drug-likeness (QED) is 0.771. The van der Waals surface area contributed by atoms with E-state index in [1.807, 2.05) is 0 Å². The Balaban J connectivity index is 0.000000346. The minimum Gasteiger partial charge on any atom is -0.473 e. The van der Waals surface area contributed by atoms with E-state index in [4.69, 9.17) is 19.8 Å². The lowest BCUT2D eigenvalue weighted by Gasteiger charge is -2.41. The number of hydrogen-bond donors (Lipinski definition) is 2. The van der Waals surface area contributed by atoms with Crippen LogP contribution in [0.3, 0.4) is 0 Å². The molecule has 0 spiro atoms. The molecule has 1 aliphatic carbocycles. The maximum absolute atomic E-state index is 9.10. The molecule has 1 aliphatic heterocycles. The van der Waals surface area contributed by atoms with Crippen molar-refractivity contribution in [2.75, 3.05) is 26.2 Å². The zero-order valence-electron chi connectivity index (χ0n) is 13.8. The second-order valence-electron chi connectivity index (χ2n) is 6.09. The number of nitrogens with zero attached hydrogens (tertiary/aromatic N) is 2. The van der Waals surface area contributed by atoms with Gasteiger partial charge in [-0.25, -0.2) is 9.59 Å². The number of piperazine rings is 1. The van der Waals surface area contributed by atoms with Crippen molar-refractivity contribution in [1.29, 1.82) is 0 Å². The molecule has 22 heavy (non-hydrogen) atoms. The van der Waals surface area contributed by atoms with Gasteiger partial charge in [0.2, 0.25) is 0 Å². The van der Waals surface area contributed by atoms with Crippen LogP contribution in [-0.2, 0) is 9.59 Å². The Kier molecular flexibility index (Phi) is 8.42. The van der Waals surface area contributed by atoms with E-state index in [1.165, 1.54) is 64.7 Å². The molecule has 1 saturated carbocycles. The van der Waals surface area contributed by atoms with E-state index in [0.717, 1.165) is 12.1 Å². The summed E-state index contributed by atoms with van der Waals surface area (Å²) in [5.74, 6) is -3.65. The topological polar surface area (TPSA) is 81.1 Å². The van der Waals surface area contributed by atoms with Gasteiger partial charge in [-0.2, -0.15) is 0 Å². The van der Waals surface area contributed by atoms with Gasteiger partial charge >= 0.3 is 11.9 Å². The largest absolute Gasteiger partial charge is 0.473 e. The summed E-state index contributed by atoms with van der Waals surface area (Å²) in [4.78, 5) is 23.7. The minimum atomic E-state index is -1.82. The summed E-state index contributed by atoms with van der Waals surface area (Å²) in [7, 11) is 0. The second kappa shape index (κ2) is 9.79. The van der Waals surface area contributed by atoms with Gasteiger partial charge in [0, 0.05) is 38.3 Å². The molecule has 1 heterocycles. The minimum absolute atomic E-state index is 0.839. The van der Waals surface area contributed by atoms with Gasteiger partial charge in [0.05, 0.1) is 0 Å². The van der Waals surface area contributed by atoms with Gasteiger partial charge < -0.3 is 10.2 Å². The van der Waals surface area contributed by atoms with Gasteiger partial charge in [-0.05, 0) is 25.7 Å². The van der Waals surface area contributed by atoms with Crippen LogP contribution in [0.4, 0.5) is 0 Å². The Bertz CT molecular complexity index is 322. The number of carboxylic acids is 2. The van der Waals surface area contributed by atoms with Gasteiger partial charge in [-0.3, -0.25) is 9.80 Å². The van der Waals surface area contributed by atoms with Crippen molar-refractivity contribution in [3.05, 3.63) is 0 Å². The normalized spacial score (nSPS) is 20.7. The SMILES string of the molecule is CCC(CC)N1CCN(C2CCCC2)CC1.O=C(O)C(=O)O. The zero-order chi connectivity index (χ0) is 16.5. The van der Waals surface area contributed by atoms with Gasteiger partial charge in [0.15, 0.2) is 0 Å². The third-order valence-corrected chi connectivity index (χ3v) is 4.83. The third-order valence-electron chi connectivity index (χ3n) is 4.83. The predicted molar refractivity (Wildman–Crippen MR) is 85.0 cm³/mol. The van der Waals surface area contributed by atoms with Crippen LogP contribution < -0.4 is 0 Å². The van der Waals surface area contributed by atoms with Crippen LogP contribution in [0.2, 0.25) is 0 Å². The van der Waals surface area contributed by atoms with Crippen LogP contribution in [0.5, 0.6) is 0 Å². The lowest BCUT2D eigenvalue weighted by Crippen LogP contribution is -2.52. The first-order valence-electron chi connectivity index (χ1n) is 8.43. The Morgan fingerprint density at radius 2 is 1.41 bits per heavy atom. The summed E-state index contributed by atoms with van der Waals surface area (Å²) in [5.41, 5.74) is 0. The maximum Gasteiger partial charge on any atom is 0.414 e. The van der Waals surface area contributed by atoms with Crippen molar-refractivity contribution in [2.24, 2.45) is 0 Å². The van der Waals surface area contributed by atoms with Crippen LogP contribution in [0, 0.1) is 0 Å². The van der Waals surface area contributed by atoms with Gasteiger partial charge in [-0.1, -0.05) is 26.7 Å². The standard InChI is InChI=1S/C14H28N2.C2H2O4/c1-3-13(4-2)15-9-11-16(12-10-15)14-7-5-6-8-14;3-1(4)2(5)6/h13-14H,3-12H2,1-2H3;(H,3,4)(H,5,6). The molecule has 6 nitrogen and oxygen atoms in total. The van der Waals surface area contributed by atoms with E-state index >= 15 is 0 Å². The lowest BCUT2D eigenvalue weighted by molar-refractivity contribution is -0.159. The fourth-order valence-corrected chi connectivity index (χ4v) is 3.54. The van der Waals surface area contributed by atoms with Crippen LogP contribution in [0.1, 0.15) is 52.4 Å². The van der Waals surface area contributed by atoms with Crippen LogP contribution in [0.25, 0.3) is 0 Å². The number of carboxylic acid groups (broad SMARTS) is 2. The average Bonchev–Trinajstić information content (AvgIpc) is 3.04. The molecular weight excluding hydrogens is 284 g/mol. The van der Waals surface area contributed by atoms with Crippen molar-refractivity contribution in [2.45, 2.75) is 64.5 Å². The highest BCUT2D eigenvalue weighted by molar-refractivity contribution is 6.27. The van der Waals surface area contributed by atoms with E-state index in [1.54, 1.807) is 0 Å². The first-order valence-corrected chi connectivity index (χ1v) is 8.43. The molecule has 2 rings (SSSR count). The Morgan fingerprint density at radius 3 is 1.77 bits per heavy atom. The molecule has 0 radical (unpaired) electrons. The summed E-state index contributed by atoms with van der Waals surface area (Å²) < 4.78 is 0.